The second-order valence-corrected chi connectivity index (χ2v) is 5.96. The number of carbonyl (C=O) groups is 1. The van der Waals surface area contributed by atoms with Gasteiger partial charge in [0.15, 0.2) is 17.3 Å². The van der Waals surface area contributed by atoms with Gasteiger partial charge in [0.05, 0.1) is 11.7 Å². The topological polar surface area (TPSA) is 66.1 Å². The van der Waals surface area contributed by atoms with E-state index in [0.29, 0.717) is 29.9 Å². The molecule has 1 N–H and O–H groups in total. The van der Waals surface area contributed by atoms with Crippen LogP contribution in [0.15, 0.2) is 23.0 Å². The molecule has 1 amide bonds. The number of benzene rings is 1. The zero-order chi connectivity index (χ0) is 17.4. The van der Waals surface area contributed by atoms with Gasteiger partial charge in [0, 0.05) is 12.2 Å². The molecule has 2 heterocycles. The van der Waals surface area contributed by atoms with Crippen molar-refractivity contribution in [2.45, 2.75) is 32.7 Å². The van der Waals surface area contributed by atoms with Gasteiger partial charge in [0.2, 0.25) is 0 Å². The van der Waals surface area contributed by atoms with Crippen molar-refractivity contribution in [3.05, 3.63) is 62.8 Å². The van der Waals surface area contributed by atoms with Crippen molar-refractivity contribution in [2.24, 2.45) is 0 Å². The van der Waals surface area contributed by atoms with Gasteiger partial charge in [-0.25, -0.2) is 13.8 Å². The van der Waals surface area contributed by atoms with Crippen molar-refractivity contribution in [3.8, 4) is 0 Å². The molecule has 7 heteroatoms. The fourth-order valence-electron chi connectivity index (χ4n) is 2.98. The number of aryl methyl sites for hydroxylation is 2. The molecule has 0 bridgehead atoms. The number of halogens is 2. The van der Waals surface area contributed by atoms with Crippen LogP contribution in [0.4, 0.5) is 8.78 Å². The predicted octanol–water partition coefficient (Wildman–Crippen LogP) is 2.64. The minimum atomic E-state index is -0.950. The van der Waals surface area contributed by atoms with E-state index in [1.54, 1.807) is 13.8 Å². The summed E-state index contributed by atoms with van der Waals surface area (Å²) < 4.78 is 26.6. The molecular weight excluding hydrogens is 316 g/mol. The number of nitrogens with one attached hydrogen (secondary N) is 1. The zero-order valence-corrected chi connectivity index (χ0v) is 13.4. The Morgan fingerprint density at radius 1 is 1.29 bits per heavy atom. The minimum Gasteiger partial charge on any atom is -0.330 e. The SMILES string of the molecule is Cc1nc(C(=O)N2CCC[C@@H]2c2ccc(F)c(F)c2)c(=O)[nH]c1C. The van der Waals surface area contributed by atoms with Gasteiger partial charge in [-0.1, -0.05) is 6.07 Å². The fourth-order valence-corrected chi connectivity index (χ4v) is 2.98. The van der Waals surface area contributed by atoms with Crippen LogP contribution in [-0.2, 0) is 0 Å². The maximum absolute atomic E-state index is 13.5. The van der Waals surface area contributed by atoms with Crippen LogP contribution in [-0.4, -0.2) is 27.3 Å². The van der Waals surface area contributed by atoms with Gasteiger partial charge < -0.3 is 9.88 Å². The zero-order valence-electron chi connectivity index (χ0n) is 13.4. The summed E-state index contributed by atoms with van der Waals surface area (Å²) in [5.74, 6) is -2.37. The quantitative estimate of drug-likeness (QED) is 0.919. The van der Waals surface area contributed by atoms with Crippen LogP contribution in [0.1, 0.15) is 46.3 Å². The van der Waals surface area contributed by atoms with Gasteiger partial charge in [0.1, 0.15) is 0 Å². The van der Waals surface area contributed by atoms with Gasteiger partial charge >= 0.3 is 0 Å². The summed E-state index contributed by atoms with van der Waals surface area (Å²) in [6, 6.07) is 3.22. The largest absolute Gasteiger partial charge is 0.330 e. The van der Waals surface area contributed by atoms with Gasteiger partial charge in [0.25, 0.3) is 11.5 Å². The normalized spacial score (nSPS) is 17.3. The molecular formula is C17H17F2N3O2. The minimum absolute atomic E-state index is 0.174. The maximum Gasteiger partial charge on any atom is 0.279 e. The van der Waals surface area contributed by atoms with Crippen molar-refractivity contribution in [3.63, 3.8) is 0 Å². The summed E-state index contributed by atoms with van der Waals surface area (Å²) in [5, 5.41) is 0. The van der Waals surface area contributed by atoms with Crippen LogP contribution in [0, 0.1) is 25.5 Å². The maximum atomic E-state index is 13.5. The summed E-state index contributed by atoms with van der Waals surface area (Å²) in [4.78, 5) is 33.0. The third-order valence-electron chi connectivity index (χ3n) is 4.38. The van der Waals surface area contributed by atoms with E-state index in [2.05, 4.69) is 9.97 Å². The smallest absolute Gasteiger partial charge is 0.279 e. The standard InChI is InChI=1S/C17H17F2N3O2/c1-9-10(2)21-16(23)15(20-9)17(24)22-7-3-4-14(22)11-5-6-12(18)13(19)8-11/h5-6,8,14H,3-4,7H2,1-2H3,(H,21,23)/t14-/m1/s1. The first-order valence-electron chi connectivity index (χ1n) is 7.72. The van der Waals surface area contributed by atoms with Gasteiger partial charge in [-0.15, -0.1) is 0 Å². The molecule has 1 aromatic heterocycles. The Bertz CT molecular complexity index is 863. The van der Waals surface area contributed by atoms with Crippen molar-refractivity contribution < 1.29 is 13.6 Å². The van der Waals surface area contributed by atoms with Gasteiger partial charge in [-0.05, 0) is 44.4 Å². The summed E-state index contributed by atoms with van der Waals surface area (Å²) >= 11 is 0. The molecule has 1 aromatic carbocycles. The Morgan fingerprint density at radius 3 is 2.75 bits per heavy atom. The highest BCUT2D eigenvalue weighted by Gasteiger charge is 2.33. The van der Waals surface area contributed by atoms with Crippen LogP contribution in [0.3, 0.4) is 0 Å². The average molecular weight is 333 g/mol. The van der Waals surface area contributed by atoms with E-state index in [1.165, 1.54) is 11.0 Å². The van der Waals surface area contributed by atoms with Crippen molar-refractivity contribution >= 4 is 5.91 Å². The molecule has 126 valence electrons. The highest BCUT2D eigenvalue weighted by molar-refractivity contribution is 5.92. The number of nitrogens with zero attached hydrogens (tertiary/aromatic N) is 2. The first-order valence-corrected chi connectivity index (χ1v) is 7.72. The number of rotatable bonds is 2. The molecule has 1 saturated heterocycles. The first kappa shape index (κ1) is 16.3. The molecule has 5 nitrogen and oxygen atoms in total. The van der Waals surface area contributed by atoms with E-state index in [0.717, 1.165) is 18.6 Å². The van der Waals surface area contributed by atoms with Crippen LogP contribution in [0.2, 0.25) is 0 Å². The Morgan fingerprint density at radius 2 is 2.04 bits per heavy atom. The molecule has 0 saturated carbocycles. The lowest BCUT2D eigenvalue weighted by Crippen LogP contribution is -2.36. The number of H-pyrrole nitrogens is 1. The summed E-state index contributed by atoms with van der Waals surface area (Å²) in [6.07, 6.45) is 1.34. The fraction of sp³-hybridized carbons (Fsp3) is 0.353. The number of hydrogen-bond acceptors (Lipinski definition) is 3. The van der Waals surface area contributed by atoms with Crippen LogP contribution in [0.5, 0.6) is 0 Å². The lowest BCUT2D eigenvalue weighted by atomic mass is 10.0. The van der Waals surface area contributed by atoms with Crippen molar-refractivity contribution in [1.29, 1.82) is 0 Å². The summed E-state index contributed by atoms with van der Waals surface area (Å²) in [5.41, 5.74) is 0.975. The lowest BCUT2D eigenvalue weighted by molar-refractivity contribution is 0.0727. The third-order valence-corrected chi connectivity index (χ3v) is 4.38. The molecule has 0 radical (unpaired) electrons. The van der Waals surface area contributed by atoms with Crippen molar-refractivity contribution in [2.75, 3.05) is 6.54 Å². The highest BCUT2D eigenvalue weighted by atomic mass is 19.2. The van der Waals surface area contributed by atoms with Crippen LogP contribution >= 0.6 is 0 Å². The molecule has 1 aliphatic rings. The number of amides is 1. The second kappa shape index (κ2) is 6.14. The third kappa shape index (κ3) is 2.81. The summed E-state index contributed by atoms with van der Waals surface area (Å²) in [6.45, 7) is 3.85. The molecule has 2 aromatic rings. The number of aromatic nitrogens is 2. The van der Waals surface area contributed by atoms with Crippen LogP contribution in [0.25, 0.3) is 0 Å². The van der Waals surface area contributed by atoms with E-state index >= 15 is 0 Å². The first-order chi connectivity index (χ1) is 11.4. The van der Waals surface area contributed by atoms with Crippen molar-refractivity contribution in [1.82, 2.24) is 14.9 Å². The number of carbonyl (C=O) groups excluding carboxylic acids is 1. The molecule has 1 atom stereocenters. The monoisotopic (exact) mass is 333 g/mol. The van der Waals surface area contributed by atoms with E-state index < -0.39 is 29.1 Å². The molecule has 1 fully saturated rings. The highest BCUT2D eigenvalue weighted by Crippen LogP contribution is 2.33. The second-order valence-electron chi connectivity index (χ2n) is 5.96. The molecule has 0 aliphatic carbocycles. The van der Waals surface area contributed by atoms with E-state index in [4.69, 9.17) is 0 Å². The number of hydrogen-bond donors (Lipinski definition) is 1. The average Bonchev–Trinajstić information content (AvgIpc) is 3.02. The molecule has 0 unspecified atom stereocenters. The Kier molecular flexibility index (Phi) is 4.17. The summed E-state index contributed by atoms with van der Waals surface area (Å²) in [7, 11) is 0. The molecule has 0 spiro atoms. The number of aromatic amines is 1. The Hall–Kier alpha value is -2.57. The van der Waals surface area contributed by atoms with Gasteiger partial charge in [-0.3, -0.25) is 9.59 Å². The Balaban J connectivity index is 1.96. The predicted molar refractivity (Wildman–Crippen MR) is 83.7 cm³/mol. The van der Waals surface area contributed by atoms with E-state index in [-0.39, 0.29) is 5.69 Å². The van der Waals surface area contributed by atoms with Gasteiger partial charge in [-0.2, -0.15) is 0 Å². The number of likely N-dealkylation sites (tertiary alicyclic amines) is 1. The van der Waals surface area contributed by atoms with E-state index in [1.807, 2.05) is 0 Å². The molecule has 24 heavy (non-hydrogen) atoms. The molecule has 3 rings (SSSR count). The molecule has 1 aliphatic heterocycles. The Labute approximate surface area is 137 Å². The van der Waals surface area contributed by atoms with E-state index in [9.17, 15) is 18.4 Å². The van der Waals surface area contributed by atoms with Crippen LogP contribution < -0.4 is 5.56 Å². The lowest BCUT2D eigenvalue weighted by Gasteiger charge is -2.24.